The van der Waals surface area contributed by atoms with Gasteiger partial charge in [0, 0.05) is 17.7 Å². The normalized spacial score (nSPS) is 16.2. The van der Waals surface area contributed by atoms with Crippen LogP contribution in [0.3, 0.4) is 0 Å². The zero-order valence-corrected chi connectivity index (χ0v) is 24.5. The Hall–Kier alpha value is -4.58. The van der Waals surface area contributed by atoms with Crippen LogP contribution in [-0.4, -0.2) is 45.9 Å². The maximum atomic E-state index is 13.5. The number of esters is 1. The summed E-state index contributed by atoms with van der Waals surface area (Å²) in [5.74, 6) is -2.26. The predicted octanol–water partition coefficient (Wildman–Crippen LogP) is 5.98. The Kier molecular flexibility index (Phi) is 9.36. The summed E-state index contributed by atoms with van der Waals surface area (Å²) in [5.41, 5.74) is 0.514. The summed E-state index contributed by atoms with van der Waals surface area (Å²) in [6, 6.07) is 10.6. The zero-order valence-electron chi connectivity index (χ0n) is 23.7. The number of thiazole rings is 1. The number of hydrogen-bond acceptors (Lipinski definition) is 10. The van der Waals surface area contributed by atoms with Crippen LogP contribution < -0.4 is 9.64 Å². The summed E-state index contributed by atoms with van der Waals surface area (Å²) in [6.45, 7) is 8.17. The Morgan fingerprint density at radius 2 is 1.81 bits per heavy atom. The first-order valence-electron chi connectivity index (χ1n) is 13.5. The van der Waals surface area contributed by atoms with Crippen LogP contribution in [0.5, 0.6) is 5.75 Å². The average Bonchev–Trinajstić information content (AvgIpc) is 3.48. The molecule has 0 bridgehead atoms. The summed E-state index contributed by atoms with van der Waals surface area (Å²) in [5, 5.41) is 22.7. The second kappa shape index (κ2) is 12.9. The molecule has 0 spiro atoms. The number of aromatic nitrogens is 1. The fourth-order valence-electron chi connectivity index (χ4n) is 4.30. The molecule has 1 aliphatic rings. The van der Waals surface area contributed by atoms with E-state index in [1.165, 1.54) is 24.3 Å². The van der Waals surface area contributed by atoms with Gasteiger partial charge in [-0.3, -0.25) is 24.6 Å². The molecule has 1 aromatic heterocycles. The number of ketones is 1. The van der Waals surface area contributed by atoms with Crippen LogP contribution in [0.2, 0.25) is 0 Å². The van der Waals surface area contributed by atoms with Crippen LogP contribution in [0.15, 0.2) is 54.1 Å². The molecular formula is C30H31N3O8S. The Morgan fingerprint density at radius 1 is 1.14 bits per heavy atom. The number of carbonyl (C=O) groups excluding carboxylic acids is 3. The highest BCUT2D eigenvalue weighted by atomic mass is 32.1. The monoisotopic (exact) mass is 593 g/mol. The number of benzene rings is 2. The first-order chi connectivity index (χ1) is 20.0. The van der Waals surface area contributed by atoms with Gasteiger partial charge in [0.1, 0.15) is 16.4 Å². The summed E-state index contributed by atoms with van der Waals surface area (Å²) in [6.07, 6.45) is 1.86. The lowest BCUT2D eigenvalue weighted by molar-refractivity contribution is -0.384. The molecule has 4 rings (SSSR count). The third kappa shape index (κ3) is 6.33. The zero-order chi connectivity index (χ0) is 30.6. The van der Waals surface area contributed by atoms with Crippen molar-refractivity contribution in [3.05, 3.63) is 85.9 Å². The molecule has 3 aromatic rings. The van der Waals surface area contributed by atoms with Crippen molar-refractivity contribution in [1.29, 1.82) is 0 Å². The van der Waals surface area contributed by atoms with Crippen molar-refractivity contribution >= 4 is 45.6 Å². The molecule has 12 heteroatoms. The molecule has 1 atom stereocenters. The minimum atomic E-state index is -1.17. The van der Waals surface area contributed by atoms with Crippen LogP contribution in [0.4, 0.5) is 10.8 Å². The van der Waals surface area contributed by atoms with E-state index in [4.69, 9.17) is 9.47 Å². The second-order valence-corrected chi connectivity index (χ2v) is 11.1. The number of aryl methyl sites for hydroxylation is 1. The summed E-state index contributed by atoms with van der Waals surface area (Å²) >= 11 is 0.888. The SMILES string of the molecule is CCCCOc1ccc(/C(O)=C2/C(=O)C(=O)N(c3nc(C)c(C(=O)OCC(C)C)s3)C2c2ccc([N+](=O)[O-])cc2)cc1. The minimum absolute atomic E-state index is 0.0492. The molecule has 220 valence electrons. The van der Waals surface area contributed by atoms with Gasteiger partial charge >= 0.3 is 11.9 Å². The van der Waals surface area contributed by atoms with Crippen molar-refractivity contribution in [2.45, 2.75) is 46.6 Å². The van der Waals surface area contributed by atoms with E-state index in [1.807, 2.05) is 20.8 Å². The van der Waals surface area contributed by atoms with Gasteiger partial charge < -0.3 is 14.6 Å². The Labute approximate surface area is 246 Å². The fourth-order valence-corrected chi connectivity index (χ4v) is 5.29. The third-order valence-electron chi connectivity index (χ3n) is 6.48. The van der Waals surface area contributed by atoms with Gasteiger partial charge in [0.05, 0.1) is 35.4 Å². The summed E-state index contributed by atoms with van der Waals surface area (Å²) < 4.78 is 11.0. The van der Waals surface area contributed by atoms with Gasteiger partial charge in [-0.1, -0.05) is 38.5 Å². The van der Waals surface area contributed by atoms with Crippen LogP contribution in [-0.2, 0) is 14.3 Å². The molecule has 1 N–H and O–H groups in total. The van der Waals surface area contributed by atoms with Gasteiger partial charge in [0.25, 0.3) is 11.5 Å². The van der Waals surface area contributed by atoms with E-state index in [1.54, 1.807) is 31.2 Å². The topological polar surface area (TPSA) is 149 Å². The summed E-state index contributed by atoms with van der Waals surface area (Å²) in [4.78, 5) is 56.0. The van der Waals surface area contributed by atoms with Gasteiger partial charge in [0.15, 0.2) is 5.13 Å². The quantitative estimate of drug-likeness (QED) is 0.0539. The Balaban J connectivity index is 1.79. The average molecular weight is 594 g/mol. The highest BCUT2D eigenvalue weighted by Gasteiger charge is 2.48. The van der Waals surface area contributed by atoms with Crippen molar-refractivity contribution < 1.29 is 33.9 Å². The largest absolute Gasteiger partial charge is 0.507 e. The number of nitro benzene ring substituents is 1. The molecule has 2 aromatic carbocycles. The number of hydrogen-bond donors (Lipinski definition) is 1. The molecule has 0 saturated carbocycles. The molecule has 1 fully saturated rings. The third-order valence-corrected chi connectivity index (χ3v) is 7.62. The number of amides is 1. The fraction of sp³-hybridized carbons (Fsp3) is 0.333. The molecule has 1 amide bonds. The Morgan fingerprint density at radius 3 is 2.40 bits per heavy atom. The van der Waals surface area contributed by atoms with E-state index in [-0.39, 0.29) is 39.4 Å². The second-order valence-electron chi connectivity index (χ2n) is 10.1. The number of nitrogens with zero attached hydrogens (tertiary/aromatic N) is 3. The molecule has 2 heterocycles. The number of aliphatic hydroxyl groups excluding tert-OH is 1. The van der Waals surface area contributed by atoms with E-state index in [9.17, 15) is 29.6 Å². The van der Waals surface area contributed by atoms with Crippen LogP contribution in [0.25, 0.3) is 5.76 Å². The van der Waals surface area contributed by atoms with Crippen LogP contribution >= 0.6 is 11.3 Å². The highest BCUT2D eigenvalue weighted by Crippen LogP contribution is 2.44. The molecule has 1 aliphatic heterocycles. The lowest BCUT2D eigenvalue weighted by Gasteiger charge is -2.23. The Bertz CT molecular complexity index is 1530. The first kappa shape index (κ1) is 30.4. The molecule has 11 nitrogen and oxygen atoms in total. The van der Waals surface area contributed by atoms with Crippen molar-refractivity contribution in [2.75, 3.05) is 18.1 Å². The minimum Gasteiger partial charge on any atom is -0.507 e. The smallest absolute Gasteiger partial charge is 0.350 e. The molecule has 1 unspecified atom stereocenters. The van der Waals surface area contributed by atoms with Gasteiger partial charge in [-0.05, 0) is 61.2 Å². The standard InChI is InChI=1S/C30H31N3O8S/c1-5-6-15-40-22-13-9-20(10-14-22)25(34)23-24(19-7-11-21(12-8-19)33(38)39)32(28(36)26(23)35)30-31-18(4)27(42-30)29(37)41-16-17(2)3/h7-14,17,24,34H,5-6,15-16H2,1-4H3/b25-23-. The number of Topliss-reactive ketones (excluding diaryl/α,β-unsaturated/α-hetero) is 1. The van der Waals surface area contributed by atoms with Crippen LogP contribution in [0, 0.1) is 23.0 Å². The van der Waals surface area contributed by atoms with Crippen molar-refractivity contribution in [1.82, 2.24) is 4.98 Å². The lowest BCUT2D eigenvalue weighted by atomic mass is 9.95. The molecule has 42 heavy (non-hydrogen) atoms. The lowest BCUT2D eigenvalue weighted by Crippen LogP contribution is -2.29. The van der Waals surface area contributed by atoms with Gasteiger partial charge in [-0.15, -0.1) is 0 Å². The van der Waals surface area contributed by atoms with E-state index in [0.717, 1.165) is 29.1 Å². The first-order valence-corrected chi connectivity index (χ1v) is 14.3. The number of non-ortho nitro benzene ring substituents is 1. The number of anilines is 1. The number of nitro groups is 1. The van der Waals surface area contributed by atoms with Gasteiger partial charge in [-0.25, -0.2) is 9.78 Å². The number of aliphatic hydroxyl groups is 1. The molecule has 0 radical (unpaired) electrons. The summed E-state index contributed by atoms with van der Waals surface area (Å²) in [7, 11) is 0. The van der Waals surface area contributed by atoms with E-state index < -0.39 is 34.4 Å². The van der Waals surface area contributed by atoms with E-state index in [2.05, 4.69) is 4.98 Å². The molecular weight excluding hydrogens is 562 g/mol. The number of ether oxygens (including phenoxy) is 2. The number of carbonyl (C=O) groups is 3. The maximum Gasteiger partial charge on any atom is 0.350 e. The van der Waals surface area contributed by atoms with E-state index >= 15 is 0 Å². The predicted molar refractivity (Wildman–Crippen MR) is 157 cm³/mol. The molecule has 0 aliphatic carbocycles. The molecule has 1 saturated heterocycles. The van der Waals surface area contributed by atoms with Crippen molar-refractivity contribution in [3.63, 3.8) is 0 Å². The van der Waals surface area contributed by atoms with E-state index in [0.29, 0.717) is 23.6 Å². The van der Waals surface area contributed by atoms with Crippen molar-refractivity contribution in [2.24, 2.45) is 5.92 Å². The number of rotatable bonds is 11. The van der Waals surface area contributed by atoms with Gasteiger partial charge in [0.2, 0.25) is 0 Å². The van der Waals surface area contributed by atoms with Gasteiger partial charge in [-0.2, -0.15) is 0 Å². The highest BCUT2D eigenvalue weighted by molar-refractivity contribution is 7.17. The maximum absolute atomic E-state index is 13.5. The van der Waals surface area contributed by atoms with Crippen molar-refractivity contribution in [3.8, 4) is 5.75 Å². The number of unbranched alkanes of at least 4 members (excludes halogenated alkanes) is 1. The van der Waals surface area contributed by atoms with Crippen LogP contribution in [0.1, 0.15) is 66.1 Å².